The van der Waals surface area contributed by atoms with Crippen molar-refractivity contribution >= 4 is 17.3 Å². The van der Waals surface area contributed by atoms with E-state index in [1.807, 2.05) is 24.3 Å². The van der Waals surface area contributed by atoms with E-state index >= 15 is 0 Å². The average Bonchev–Trinajstić information content (AvgIpc) is 2.38. The standard InChI is InChI=1S/C16H19N3O/c1-16(2,3)11-4-6-13(7-5-11)19-15(20)14-10-12(17)8-9-18-14/h4-10H,1-3H3,(H2,17,18)(H,19,20). The molecule has 1 amide bonds. The molecule has 0 saturated carbocycles. The van der Waals surface area contributed by atoms with Gasteiger partial charge in [-0.05, 0) is 35.2 Å². The average molecular weight is 269 g/mol. The topological polar surface area (TPSA) is 68.0 Å². The summed E-state index contributed by atoms with van der Waals surface area (Å²) in [5.41, 5.74) is 8.53. The second kappa shape index (κ2) is 5.33. The lowest BCUT2D eigenvalue weighted by atomic mass is 9.87. The highest BCUT2D eigenvalue weighted by Gasteiger charge is 2.13. The fraction of sp³-hybridized carbons (Fsp3) is 0.250. The molecule has 2 rings (SSSR count). The van der Waals surface area contributed by atoms with Crippen LogP contribution in [0.15, 0.2) is 42.6 Å². The Morgan fingerprint density at radius 3 is 2.35 bits per heavy atom. The summed E-state index contributed by atoms with van der Waals surface area (Å²) in [7, 11) is 0. The van der Waals surface area contributed by atoms with Gasteiger partial charge in [0, 0.05) is 17.6 Å². The fourth-order valence-electron chi connectivity index (χ4n) is 1.82. The van der Waals surface area contributed by atoms with Crippen LogP contribution in [0.25, 0.3) is 0 Å². The Morgan fingerprint density at radius 2 is 1.80 bits per heavy atom. The van der Waals surface area contributed by atoms with Crippen LogP contribution in [-0.4, -0.2) is 10.9 Å². The molecule has 0 aliphatic heterocycles. The zero-order valence-electron chi connectivity index (χ0n) is 12.0. The molecule has 4 nitrogen and oxygen atoms in total. The van der Waals surface area contributed by atoms with E-state index in [1.54, 1.807) is 12.1 Å². The molecule has 1 aromatic carbocycles. The van der Waals surface area contributed by atoms with Crippen LogP contribution in [0.2, 0.25) is 0 Å². The summed E-state index contributed by atoms with van der Waals surface area (Å²) in [6.07, 6.45) is 1.52. The van der Waals surface area contributed by atoms with Gasteiger partial charge in [0.15, 0.2) is 0 Å². The predicted molar refractivity (Wildman–Crippen MR) is 81.7 cm³/mol. The summed E-state index contributed by atoms with van der Waals surface area (Å²) in [5, 5.41) is 2.81. The van der Waals surface area contributed by atoms with Crippen LogP contribution in [0, 0.1) is 0 Å². The quantitative estimate of drug-likeness (QED) is 0.879. The van der Waals surface area contributed by atoms with E-state index in [1.165, 1.54) is 11.8 Å². The molecule has 0 unspecified atom stereocenters. The molecular weight excluding hydrogens is 250 g/mol. The highest BCUT2D eigenvalue weighted by molar-refractivity contribution is 6.03. The van der Waals surface area contributed by atoms with Gasteiger partial charge in [0.05, 0.1) is 0 Å². The maximum Gasteiger partial charge on any atom is 0.274 e. The van der Waals surface area contributed by atoms with Crippen molar-refractivity contribution < 1.29 is 4.79 Å². The summed E-state index contributed by atoms with van der Waals surface area (Å²) >= 11 is 0. The van der Waals surface area contributed by atoms with E-state index in [9.17, 15) is 4.79 Å². The van der Waals surface area contributed by atoms with Crippen LogP contribution in [-0.2, 0) is 5.41 Å². The molecule has 0 aliphatic carbocycles. The van der Waals surface area contributed by atoms with Crippen LogP contribution >= 0.6 is 0 Å². The summed E-state index contributed by atoms with van der Waals surface area (Å²) in [5.74, 6) is -0.263. The van der Waals surface area contributed by atoms with Gasteiger partial charge in [-0.15, -0.1) is 0 Å². The number of nitrogens with zero attached hydrogens (tertiary/aromatic N) is 1. The molecule has 104 valence electrons. The Balaban J connectivity index is 2.12. The molecular formula is C16H19N3O. The molecule has 2 aromatic rings. The SMILES string of the molecule is CC(C)(C)c1ccc(NC(=O)c2cc(N)ccn2)cc1. The Labute approximate surface area is 119 Å². The lowest BCUT2D eigenvalue weighted by Crippen LogP contribution is -2.15. The number of rotatable bonds is 2. The van der Waals surface area contributed by atoms with Crippen LogP contribution in [0.5, 0.6) is 0 Å². The number of nitrogens with one attached hydrogen (secondary N) is 1. The van der Waals surface area contributed by atoms with Gasteiger partial charge >= 0.3 is 0 Å². The molecule has 0 saturated heterocycles. The van der Waals surface area contributed by atoms with Crippen molar-refractivity contribution in [1.29, 1.82) is 0 Å². The van der Waals surface area contributed by atoms with Gasteiger partial charge in [0.1, 0.15) is 5.69 Å². The lowest BCUT2D eigenvalue weighted by Gasteiger charge is -2.19. The van der Waals surface area contributed by atoms with Crippen LogP contribution in [0.1, 0.15) is 36.8 Å². The Kier molecular flexibility index (Phi) is 3.74. The molecule has 0 bridgehead atoms. The van der Waals surface area contributed by atoms with Crippen LogP contribution in [0.3, 0.4) is 0 Å². The van der Waals surface area contributed by atoms with E-state index in [4.69, 9.17) is 5.73 Å². The van der Waals surface area contributed by atoms with Crippen molar-refractivity contribution in [2.75, 3.05) is 11.1 Å². The van der Waals surface area contributed by atoms with Crippen molar-refractivity contribution in [2.24, 2.45) is 0 Å². The Bertz CT molecular complexity index is 612. The molecule has 0 fully saturated rings. The number of amides is 1. The number of carbonyl (C=O) groups is 1. The smallest absolute Gasteiger partial charge is 0.274 e. The maximum atomic E-state index is 12.0. The van der Waals surface area contributed by atoms with E-state index in [0.29, 0.717) is 11.4 Å². The van der Waals surface area contributed by atoms with Gasteiger partial charge in [-0.2, -0.15) is 0 Å². The molecule has 4 heteroatoms. The first-order valence-corrected chi connectivity index (χ1v) is 6.50. The second-order valence-electron chi connectivity index (χ2n) is 5.76. The van der Waals surface area contributed by atoms with Gasteiger partial charge in [0.2, 0.25) is 0 Å². The lowest BCUT2D eigenvalue weighted by molar-refractivity contribution is 0.102. The van der Waals surface area contributed by atoms with Crippen molar-refractivity contribution in [2.45, 2.75) is 26.2 Å². The van der Waals surface area contributed by atoms with Crippen LogP contribution in [0.4, 0.5) is 11.4 Å². The summed E-state index contributed by atoms with van der Waals surface area (Å²) in [6, 6.07) is 11.0. The molecule has 1 heterocycles. The molecule has 0 radical (unpaired) electrons. The first kappa shape index (κ1) is 14.1. The highest BCUT2D eigenvalue weighted by atomic mass is 16.1. The van der Waals surface area contributed by atoms with Gasteiger partial charge < -0.3 is 11.1 Å². The number of nitrogen functional groups attached to an aromatic ring is 1. The molecule has 3 N–H and O–H groups in total. The van der Waals surface area contributed by atoms with Crippen molar-refractivity contribution in [1.82, 2.24) is 4.98 Å². The van der Waals surface area contributed by atoms with Gasteiger partial charge in [-0.1, -0.05) is 32.9 Å². The molecule has 0 spiro atoms. The molecule has 20 heavy (non-hydrogen) atoms. The number of pyridine rings is 1. The van der Waals surface area contributed by atoms with Crippen molar-refractivity contribution in [3.63, 3.8) is 0 Å². The van der Waals surface area contributed by atoms with Gasteiger partial charge in [-0.25, -0.2) is 0 Å². The number of nitrogens with two attached hydrogens (primary N) is 1. The van der Waals surface area contributed by atoms with E-state index in [2.05, 4.69) is 31.1 Å². The first-order chi connectivity index (χ1) is 9.36. The minimum atomic E-state index is -0.263. The largest absolute Gasteiger partial charge is 0.399 e. The Morgan fingerprint density at radius 1 is 1.15 bits per heavy atom. The zero-order chi connectivity index (χ0) is 14.8. The number of hydrogen-bond acceptors (Lipinski definition) is 3. The molecule has 0 atom stereocenters. The number of carbonyl (C=O) groups excluding carboxylic acids is 1. The summed E-state index contributed by atoms with van der Waals surface area (Å²) in [4.78, 5) is 16.0. The number of anilines is 2. The van der Waals surface area contributed by atoms with Gasteiger partial charge in [-0.3, -0.25) is 9.78 Å². The van der Waals surface area contributed by atoms with E-state index in [-0.39, 0.29) is 11.3 Å². The first-order valence-electron chi connectivity index (χ1n) is 6.50. The third-order valence-electron chi connectivity index (χ3n) is 3.03. The predicted octanol–water partition coefficient (Wildman–Crippen LogP) is 3.21. The number of aromatic nitrogens is 1. The van der Waals surface area contributed by atoms with Crippen molar-refractivity contribution in [3.8, 4) is 0 Å². The maximum absolute atomic E-state index is 12.0. The number of benzene rings is 1. The minimum absolute atomic E-state index is 0.0952. The normalized spacial score (nSPS) is 11.2. The third kappa shape index (κ3) is 3.35. The fourth-order valence-corrected chi connectivity index (χ4v) is 1.82. The van der Waals surface area contributed by atoms with Crippen molar-refractivity contribution in [3.05, 3.63) is 53.9 Å². The van der Waals surface area contributed by atoms with Gasteiger partial charge in [0.25, 0.3) is 5.91 Å². The summed E-state index contributed by atoms with van der Waals surface area (Å²) in [6.45, 7) is 6.45. The zero-order valence-corrected chi connectivity index (χ0v) is 12.0. The number of hydrogen-bond donors (Lipinski definition) is 2. The minimum Gasteiger partial charge on any atom is -0.399 e. The van der Waals surface area contributed by atoms with E-state index in [0.717, 1.165) is 5.69 Å². The van der Waals surface area contributed by atoms with E-state index < -0.39 is 0 Å². The second-order valence-corrected chi connectivity index (χ2v) is 5.76. The molecule has 1 aromatic heterocycles. The third-order valence-corrected chi connectivity index (χ3v) is 3.03. The van der Waals surface area contributed by atoms with Crippen LogP contribution < -0.4 is 11.1 Å². The Hall–Kier alpha value is -2.36. The summed E-state index contributed by atoms with van der Waals surface area (Å²) < 4.78 is 0. The highest BCUT2D eigenvalue weighted by Crippen LogP contribution is 2.23. The monoisotopic (exact) mass is 269 g/mol. The molecule has 0 aliphatic rings.